The molecule has 2 heterocycles. The first-order valence-corrected chi connectivity index (χ1v) is 9.16. The summed E-state index contributed by atoms with van der Waals surface area (Å²) < 4.78 is 0. The van der Waals surface area contributed by atoms with Crippen LogP contribution in [0.25, 0.3) is 0 Å². The molecule has 1 aromatic carbocycles. The molecule has 0 unspecified atom stereocenters. The minimum atomic E-state index is -0.160. The second-order valence-electron chi connectivity index (χ2n) is 7.98. The number of urea groups is 1. The SMILES string of the molecule is O=C1Nc2ccccc2C2(CCN([C@@H]3C[C@@H]4CC[C@@H]3C4)CC2)N1. The fourth-order valence-electron chi connectivity index (χ4n) is 5.74. The monoisotopic (exact) mass is 311 g/mol. The predicted octanol–water partition coefficient (Wildman–Crippen LogP) is 3.30. The van der Waals surface area contributed by atoms with Crippen LogP contribution < -0.4 is 10.6 Å². The van der Waals surface area contributed by atoms with Crippen LogP contribution in [0.5, 0.6) is 0 Å². The topological polar surface area (TPSA) is 44.4 Å². The number of amides is 2. The Morgan fingerprint density at radius 3 is 2.65 bits per heavy atom. The summed E-state index contributed by atoms with van der Waals surface area (Å²) >= 11 is 0. The van der Waals surface area contributed by atoms with Crippen LogP contribution >= 0.6 is 0 Å². The lowest BCUT2D eigenvalue weighted by Gasteiger charge is -2.48. The van der Waals surface area contributed by atoms with E-state index in [0.717, 1.165) is 49.5 Å². The Labute approximate surface area is 137 Å². The number of nitrogens with zero attached hydrogens (tertiary/aromatic N) is 1. The summed E-state index contributed by atoms with van der Waals surface area (Å²) in [5.41, 5.74) is 2.10. The third kappa shape index (κ3) is 2.11. The van der Waals surface area contributed by atoms with Gasteiger partial charge in [0.05, 0.1) is 5.54 Å². The van der Waals surface area contributed by atoms with Crippen molar-refractivity contribution >= 4 is 11.7 Å². The number of carbonyl (C=O) groups excluding carboxylic acids is 1. The lowest BCUT2D eigenvalue weighted by Crippen LogP contribution is -2.58. The zero-order valence-corrected chi connectivity index (χ0v) is 13.6. The minimum absolute atomic E-state index is 0.0444. The normalized spacial score (nSPS) is 35.0. The number of hydrogen-bond donors (Lipinski definition) is 2. The van der Waals surface area contributed by atoms with Crippen molar-refractivity contribution in [3.63, 3.8) is 0 Å². The van der Waals surface area contributed by atoms with E-state index in [0.29, 0.717) is 0 Å². The van der Waals surface area contributed by atoms with E-state index >= 15 is 0 Å². The van der Waals surface area contributed by atoms with Crippen molar-refractivity contribution in [3.8, 4) is 0 Å². The molecule has 5 rings (SSSR count). The van der Waals surface area contributed by atoms with Gasteiger partial charge in [0.15, 0.2) is 0 Å². The van der Waals surface area contributed by atoms with Gasteiger partial charge >= 0.3 is 6.03 Å². The highest BCUT2D eigenvalue weighted by Gasteiger charge is 2.47. The Bertz CT molecular complexity index is 635. The second-order valence-corrected chi connectivity index (χ2v) is 7.98. The van der Waals surface area contributed by atoms with Crippen LogP contribution in [0, 0.1) is 11.8 Å². The molecule has 3 fully saturated rings. The van der Waals surface area contributed by atoms with Crippen molar-refractivity contribution in [2.24, 2.45) is 11.8 Å². The number of hydrogen-bond acceptors (Lipinski definition) is 2. The van der Waals surface area contributed by atoms with Gasteiger partial charge in [-0.15, -0.1) is 0 Å². The van der Waals surface area contributed by atoms with Crippen LogP contribution in [0.15, 0.2) is 24.3 Å². The highest BCUT2D eigenvalue weighted by Crippen LogP contribution is 2.48. The van der Waals surface area contributed by atoms with Crippen molar-refractivity contribution in [1.82, 2.24) is 10.2 Å². The van der Waals surface area contributed by atoms with E-state index in [1.165, 1.54) is 31.2 Å². The number of para-hydroxylation sites is 1. The molecule has 1 aromatic rings. The average molecular weight is 311 g/mol. The third-order valence-electron chi connectivity index (χ3n) is 6.87. The first-order valence-electron chi connectivity index (χ1n) is 9.16. The molecule has 2 N–H and O–H groups in total. The smallest absolute Gasteiger partial charge is 0.319 e. The van der Waals surface area contributed by atoms with Crippen LogP contribution in [0.2, 0.25) is 0 Å². The number of anilines is 1. The van der Waals surface area contributed by atoms with Gasteiger partial charge in [0.2, 0.25) is 0 Å². The summed E-state index contributed by atoms with van der Waals surface area (Å²) in [6, 6.07) is 9.06. The lowest BCUT2D eigenvalue weighted by atomic mass is 9.78. The van der Waals surface area contributed by atoms with E-state index in [-0.39, 0.29) is 11.6 Å². The van der Waals surface area contributed by atoms with Gasteiger partial charge in [-0.25, -0.2) is 4.79 Å². The van der Waals surface area contributed by atoms with Gasteiger partial charge in [0.25, 0.3) is 0 Å². The zero-order valence-electron chi connectivity index (χ0n) is 13.6. The summed E-state index contributed by atoms with van der Waals surface area (Å²) in [6.07, 6.45) is 7.86. The number of piperidine rings is 1. The van der Waals surface area contributed by atoms with Gasteiger partial charge in [0.1, 0.15) is 0 Å². The molecular weight excluding hydrogens is 286 g/mol. The van der Waals surface area contributed by atoms with Crippen molar-refractivity contribution in [1.29, 1.82) is 0 Å². The molecule has 2 amide bonds. The van der Waals surface area contributed by atoms with Crippen LogP contribution in [0.3, 0.4) is 0 Å². The molecular formula is C19H25N3O. The molecule has 122 valence electrons. The van der Waals surface area contributed by atoms with Crippen LogP contribution in [-0.4, -0.2) is 30.1 Å². The highest BCUT2D eigenvalue weighted by atomic mass is 16.2. The molecule has 2 bridgehead atoms. The van der Waals surface area contributed by atoms with E-state index in [1.807, 2.05) is 12.1 Å². The molecule has 3 atom stereocenters. The van der Waals surface area contributed by atoms with Crippen LogP contribution in [0.4, 0.5) is 10.5 Å². The quantitative estimate of drug-likeness (QED) is 0.836. The molecule has 4 nitrogen and oxygen atoms in total. The molecule has 1 saturated heterocycles. The number of fused-ring (bicyclic) bond motifs is 4. The first-order chi connectivity index (χ1) is 11.2. The zero-order chi connectivity index (χ0) is 15.4. The molecule has 2 saturated carbocycles. The van der Waals surface area contributed by atoms with Gasteiger partial charge in [-0.05, 0) is 50.0 Å². The van der Waals surface area contributed by atoms with Gasteiger partial charge < -0.3 is 10.6 Å². The van der Waals surface area contributed by atoms with E-state index in [4.69, 9.17) is 0 Å². The molecule has 23 heavy (non-hydrogen) atoms. The number of rotatable bonds is 1. The van der Waals surface area contributed by atoms with E-state index in [2.05, 4.69) is 27.7 Å². The number of likely N-dealkylation sites (tertiary alicyclic amines) is 1. The fraction of sp³-hybridized carbons (Fsp3) is 0.632. The standard InChI is InChI=1S/C19H25N3O/c23-18-20-16-4-2-1-3-15(16)19(21-18)7-9-22(10-8-19)17-12-13-5-6-14(17)11-13/h1-4,13-14,17H,5-12H2,(H2,20,21,23)/t13-,14-,17-/m1/s1. The minimum Gasteiger partial charge on any atom is -0.328 e. The summed E-state index contributed by atoms with van der Waals surface area (Å²) in [7, 11) is 0. The Kier molecular flexibility index (Phi) is 2.99. The number of carbonyl (C=O) groups is 1. The molecule has 0 radical (unpaired) electrons. The molecule has 4 aliphatic rings. The van der Waals surface area contributed by atoms with Crippen molar-refractivity contribution in [2.45, 2.75) is 50.1 Å². The Morgan fingerprint density at radius 2 is 1.91 bits per heavy atom. The maximum atomic E-state index is 12.1. The molecule has 1 spiro atoms. The highest BCUT2D eigenvalue weighted by molar-refractivity contribution is 5.93. The van der Waals surface area contributed by atoms with Crippen molar-refractivity contribution < 1.29 is 4.79 Å². The maximum Gasteiger partial charge on any atom is 0.319 e. The summed E-state index contributed by atoms with van der Waals surface area (Å²) in [5, 5.41) is 6.21. The van der Waals surface area contributed by atoms with Crippen molar-refractivity contribution in [2.75, 3.05) is 18.4 Å². The summed E-state index contributed by atoms with van der Waals surface area (Å²) in [5.74, 6) is 1.95. The maximum absolute atomic E-state index is 12.1. The van der Waals surface area contributed by atoms with Crippen LogP contribution in [0.1, 0.15) is 44.1 Å². The molecule has 4 heteroatoms. The number of nitrogens with one attached hydrogen (secondary N) is 2. The molecule has 2 aliphatic carbocycles. The largest absolute Gasteiger partial charge is 0.328 e. The average Bonchev–Trinajstić information content (AvgIpc) is 3.19. The van der Waals surface area contributed by atoms with Gasteiger partial charge in [0, 0.05) is 30.4 Å². The summed E-state index contributed by atoms with van der Waals surface area (Å²) in [4.78, 5) is 14.8. The molecule has 0 aromatic heterocycles. The van der Waals surface area contributed by atoms with Crippen molar-refractivity contribution in [3.05, 3.63) is 29.8 Å². The third-order valence-corrected chi connectivity index (χ3v) is 6.87. The first kappa shape index (κ1) is 13.8. The second kappa shape index (κ2) is 4.97. The fourth-order valence-corrected chi connectivity index (χ4v) is 5.74. The summed E-state index contributed by atoms with van der Waals surface area (Å²) in [6.45, 7) is 2.23. The van der Waals surface area contributed by atoms with E-state index < -0.39 is 0 Å². The Morgan fingerprint density at radius 1 is 1.09 bits per heavy atom. The Balaban J connectivity index is 1.37. The van der Waals surface area contributed by atoms with Gasteiger partial charge in [-0.3, -0.25) is 4.90 Å². The lowest BCUT2D eigenvalue weighted by molar-refractivity contribution is 0.0745. The van der Waals surface area contributed by atoms with Gasteiger partial charge in [-0.1, -0.05) is 24.6 Å². The molecule has 2 aliphatic heterocycles. The number of benzene rings is 1. The van der Waals surface area contributed by atoms with E-state index in [1.54, 1.807) is 0 Å². The van der Waals surface area contributed by atoms with Crippen LogP contribution in [-0.2, 0) is 5.54 Å². The van der Waals surface area contributed by atoms with E-state index in [9.17, 15) is 4.79 Å². The Hall–Kier alpha value is -1.55. The van der Waals surface area contributed by atoms with Gasteiger partial charge in [-0.2, -0.15) is 0 Å². The predicted molar refractivity (Wildman–Crippen MR) is 90.3 cm³/mol.